The molecule has 3 heteroatoms. The second kappa shape index (κ2) is 4.04. The number of benzene rings is 1. The normalized spacial score (nSPS) is 19.6. The van der Waals surface area contributed by atoms with E-state index in [1.165, 1.54) is 35.0 Å². The lowest BCUT2D eigenvalue weighted by Crippen LogP contribution is -2.18. The lowest BCUT2D eigenvalue weighted by molar-refractivity contribution is 0.549. The molecule has 2 nitrogen and oxygen atoms in total. The van der Waals surface area contributed by atoms with Gasteiger partial charge in [-0.3, -0.25) is 0 Å². The Bertz CT molecular complexity index is 571. The Morgan fingerprint density at radius 1 is 1.47 bits per heavy atom. The summed E-state index contributed by atoms with van der Waals surface area (Å²) in [5.41, 5.74) is 10.1. The van der Waals surface area contributed by atoms with E-state index < -0.39 is 0 Å². The minimum Gasteiger partial charge on any atom is -0.347 e. The van der Waals surface area contributed by atoms with Crippen LogP contribution in [0.5, 0.6) is 0 Å². The highest BCUT2D eigenvalue weighted by molar-refractivity contribution is 6.31. The third-order valence-corrected chi connectivity index (χ3v) is 4.22. The van der Waals surface area contributed by atoms with Gasteiger partial charge in [0.05, 0.1) is 0 Å². The third kappa shape index (κ3) is 1.59. The Labute approximate surface area is 106 Å². The zero-order valence-corrected chi connectivity index (χ0v) is 10.8. The molecule has 0 bridgehead atoms. The van der Waals surface area contributed by atoms with Gasteiger partial charge in [-0.05, 0) is 49.4 Å². The van der Waals surface area contributed by atoms with E-state index in [2.05, 4.69) is 23.7 Å². The Hall–Kier alpha value is -0.990. The van der Waals surface area contributed by atoms with Crippen LogP contribution in [0.15, 0.2) is 18.2 Å². The molecule has 0 saturated heterocycles. The van der Waals surface area contributed by atoms with Crippen LogP contribution in [-0.4, -0.2) is 11.1 Å². The molecule has 0 aliphatic heterocycles. The molecule has 1 aromatic carbocycles. The van der Waals surface area contributed by atoms with Crippen LogP contribution in [0.25, 0.3) is 10.9 Å². The summed E-state index contributed by atoms with van der Waals surface area (Å²) in [6.45, 7) is 0.745. The van der Waals surface area contributed by atoms with Crippen molar-refractivity contribution in [3.8, 4) is 0 Å². The molecule has 0 saturated carbocycles. The van der Waals surface area contributed by atoms with Crippen molar-refractivity contribution in [1.29, 1.82) is 0 Å². The van der Waals surface area contributed by atoms with E-state index in [1.807, 2.05) is 6.07 Å². The molecular weight excluding hydrogens is 232 g/mol. The molecule has 17 heavy (non-hydrogen) atoms. The van der Waals surface area contributed by atoms with E-state index in [-0.39, 0.29) is 0 Å². The highest BCUT2D eigenvalue weighted by Gasteiger charge is 2.25. The molecule has 1 aromatic heterocycles. The number of hydrogen-bond acceptors (Lipinski definition) is 1. The van der Waals surface area contributed by atoms with Crippen LogP contribution in [0, 0.1) is 0 Å². The van der Waals surface area contributed by atoms with Gasteiger partial charge in [-0.2, -0.15) is 0 Å². The minimum absolute atomic E-state index is 0.517. The predicted octanol–water partition coefficient (Wildman–Crippen LogP) is 3.21. The van der Waals surface area contributed by atoms with Crippen molar-refractivity contribution < 1.29 is 0 Å². The molecule has 1 atom stereocenters. The van der Waals surface area contributed by atoms with Gasteiger partial charge in [-0.1, -0.05) is 17.7 Å². The second-order valence-electron chi connectivity index (χ2n) is 4.91. The number of nitrogens with zero attached hydrogens (tertiary/aromatic N) is 1. The number of hydrogen-bond donors (Lipinski definition) is 1. The van der Waals surface area contributed by atoms with Crippen molar-refractivity contribution in [2.45, 2.75) is 25.2 Å². The maximum atomic E-state index is 6.09. The average Bonchev–Trinajstić information content (AvgIpc) is 2.63. The lowest BCUT2D eigenvalue weighted by Gasteiger charge is -2.22. The van der Waals surface area contributed by atoms with Crippen LogP contribution in [0.3, 0.4) is 0 Å². The maximum absolute atomic E-state index is 6.09. The lowest BCUT2D eigenvalue weighted by atomic mass is 9.85. The smallest absolute Gasteiger partial charge is 0.0497 e. The average molecular weight is 249 g/mol. The van der Waals surface area contributed by atoms with Gasteiger partial charge >= 0.3 is 0 Å². The van der Waals surface area contributed by atoms with Gasteiger partial charge in [-0.15, -0.1) is 0 Å². The second-order valence-corrected chi connectivity index (χ2v) is 5.34. The van der Waals surface area contributed by atoms with Gasteiger partial charge < -0.3 is 10.3 Å². The minimum atomic E-state index is 0.517. The SMILES string of the molecule is Cn1c2c(c3ccc(Cl)cc31)C(CN)CCC2. The molecule has 1 heterocycles. The van der Waals surface area contributed by atoms with Crippen molar-refractivity contribution in [1.82, 2.24) is 4.57 Å². The van der Waals surface area contributed by atoms with Gasteiger partial charge in [0.1, 0.15) is 0 Å². The maximum Gasteiger partial charge on any atom is 0.0497 e. The van der Waals surface area contributed by atoms with Gasteiger partial charge in [0.25, 0.3) is 0 Å². The summed E-state index contributed by atoms with van der Waals surface area (Å²) in [7, 11) is 2.14. The van der Waals surface area contributed by atoms with E-state index in [4.69, 9.17) is 17.3 Å². The summed E-state index contributed by atoms with van der Waals surface area (Å²) in [6, 6.07) is 6.18. The number of halogens is 1. The van der Waals surface area contributed by atoms with Crippen molar-refractivity contribution in [3.63, 3.8) is 0 Å². The fourth-order valence-corrected chi connectivity index (χ4v) is 3.31. The summed E-state index contributed by atoms with van der Waals surface area (Å²) in [5, 5.41) is 2.14. The van der Waals surface area contributed by atoms with Crippen LogP contribution in [0.1, 0.15) is 30.0 Å². The number of rotatable bonds is 1. The first-order valence-corrected chi connectivity index (χ1v) is 6.57. The first-order chi connectivity index (χ1) is 8.22. The Morgan fingerprint density at radius 3 is 3.06 bits per heavy atom. The number of aromatic nitrogens is 1. The zero-order valence-electron chi connectivity index (χ0n) is 10.0. The molecule has 90 valence electrons. The van der Waals surface area contributed by atoms with E-state index in [9.17, 15) is 0 Å². The van der Waals surface area contributed by atoms with Crippen molar-refractivity contribution in [2.75, 3.05) is 6.54 Å². The van der Waals surface area contributed by atoms with Crippen LogP contribution in [-0.2, 0) is 13.5 Å². The molecule has 0 radical (unpaired) electrons. The molecule has 1 unspecified atom stereocenters. The Kier molecular flexibility index (Phi) is 2.64. The highest BCUT2D eigenvalue weighted by atomic mass is 35.5. The molecule has 3 rings (SSSR count). The Balaban J connectivity index is 2.34. The third-order valence-electron chi connectivity index (χ3n) is 3.99. The zero-order chi connectivity index (χ0) is 12.0. The standard InChI is InChI=1S/C14H17ClN2/c1-17-12-4-2-3-9(8-16)14(12)11-6-5-10(15)7-13(11)17/h5-7,9H,2-4,8,16H2,1H3. The molecule has 2 aromatic rings. The Morgan fingerprint density at radius 2 is 2.29 bits per heavy atom. The van der Waals surface area contributed by atoms with Gasteiger partial charge in [0.2, 0.25) is 0 Å². The largest absolute Gasteiger partial charge is 0.347 e. The molecule has 1 aliphatic rings. The molecule has 0 fully saturated rings. The first kappa shape index (κ1) is 11.1. The van der Waals surface area contributed by atoms with Crippen molar-refractivity contribution in [2.24, 2.45) is 12.8 Å². The fourth-order valence-electron chi connectivity index (χ4n) is 3.15. The number of fused-ring (bicyclic) bond motifs is 3. The summed E-state index contributed by atoms with van der Waals surface area (Å²) in [5.74, 6) is 0.517. The van der Waals surface area contributed by atoms with E-state index in [1.54, 1.807) is 0 Å². The number of aryl methyl sites for hydroxylation is 1. The topological polar surface area (TPSA) is 30.9 Å². The van der Waals surface area contributed by atoms with Crippen molar-refractivity contribution >= 4 is 22.5 Å². The van der Waals surface area contributed by atoms with E-state index in [0.717, 1.165) is 18.0 Å². The molecule has 2 N–H and O–H groups in total. The molecular formula is C14H17ClN2. The van der Waals surface area contributed by atoms with Gasteiger partial charge in [-0.25, -0.2) is 0 Å². The van der Waals surface area contributed by atoms with Crippen LogP contribution < -0.4 is 5.73 Å². The van der Waals surface area contributed by atoms with Crippen LogP contribution >= 0.6 is 11.6 Å². The summed E-state index contributed by atoms with van der Waals surface area (Å²) in [6.07, 6.45) is 3.62. The fraction of sp³-hybridized carbons (Fsp3) is 0.429. The predicted molar refractivity (Wildman–Crippen MR) is 72.7 cm³/mol. The van der Waals surface area contributed by atoms with Crippen LogP contribution in [0.2, 0.25) is 5.02 Å². The highest BCUT2D eigenvalue weighted by Crippen LogP contribution is 2.38. The van der Waals surface area contributed by atoms with Gasteiger partial charge in [0, 0.05) is 28.7 Å². The summed E-state index contributed by atoms with van der Waals surface area (Å²) < 4.78 is 2.29. The van der Waals surface area contributed by atoms with E-state index in [0.29, 0.717) is 5.92 Å². The molecule has 0 amide bonds. The van der Waals surface area contributed by atoms with E-state index >= 15 is 0 Å². The monoisotopic (exact) mass is 248 g/mol. The first-order valence-electron chi connectivity index (χ1n) is 6.19. The summed E-state index contributed by atoms with van der Waals surface area (Å²) >= 11 is 6.09. The van der Waals surface area contributed by atoms with Gasteiger partial charge in [0.15, 0.2) is 0 Å². The summed E-state index contributed by atoms with van der Waals surface area (Å²) in [4.78, 5) is 0. The quantitative estimate of drug-likeness (QED) is 0.826. The molecule has 0 spiro atoms. The van der Waals surface area contributed by atoms with Crippen LogP contribution in [0.4, 0.5) is 0 Å². The molecule has 1 aliphatic carbocycles. The number of nitrogens with two attached hydrogens (primary N) is 1. The van der Waals surface area contributed by atoms with Crippen molar-refractivity contribution in [3.05, 3.63) is 34.5 Å².